The van der Waals surface area contributed by atoms with Crippen LogP contribution in [0.4, 0.5) is 9.18 Å². The largest absolute Gasteiger partial charge is 0.448 e. The number of nitrogens with zero attached hydrogens (tertiary/aromatic N) is 3. The van der Waals surface area contributed by atoms with Crippen LogP contribution >= 0.6 is 11.9 Å². The number of piperazine rings is 1. The Kier molecular flexibility index (Phi) is 7.99. The van der Waals surface area contributed by atoms with E-state index >= 15 is 0 Å². The first-order valence-corrected chi connectivity index (χ1v) is 12.4. The molecule has 5 nitrogen and oxygen atoms in total. The van der Waals surface area contributed by atoms with E-state index < -0.39 is 0 Å². The number of halogens is 1. The summed E-state index contributed by atoms with van der Waals surface area (Å²) in [6.07, 6.45) is 2.56. The number of carbonyl (C=O) groups excluding carboxylic acids is 1. The molecule has 0 N–H and O–H groups in total. The Hall–Kier alpha value is -2.03. The van der Waals surface area contributed by atoms with Crippen LogP contribution in [0.25, 0.3) is 0 Å². The van der Waals surface area contributed by atoms with Crippen molar-refractivity contribution >= 4 is 26.0 Å². The zero-order chi connectivity index (χ0) is 23.4. The van der Waals surface area contributed by atoms with E-state index in [1.165, 1.54) is 11.6 Å². The van der Waals surface area contributed by atoms with Crippen molar-refractivity contribution in [1.82, 2.24) is 14.0 Å². The van der Waals surface area contributed by atoms with Crippen LogP contribution in [0.1, 0.15) is 43.4 Å². The molecule has 1 amide bonds. The van der Waals surface area contributed by atoms with Gasteiger partial charge in [0, 0.05) is 36.6 Å². The van der Waals surface area contributed by atoms with Crippen LogP contribution in [0.3, 0.4) is 0 Å². The monoisotopic (exact) mass is 467 g/mol. The topological polar surface area (TPSA) is 36.0 Å². The third-order valence-corrected chi connectivity index (χ3v) is 7.69. The molecule has 0 spiro atoms. The van der Waals surface area contributed by atoms with Gasteiger partial charge in [0.15, 0.2) is 7.98 Å². The van der Waals surface area contributed by atoms with Crippen molar-refractivity contribution in [3.63, 3.8) is 0 Å². The highest BCUT2D eigenvalue weighted by atomic mass is 32.2. The third-order valence-electron chi connectivity index (χ3n) is 6.44. The Bertz CT molecular complexity index is 948. The van der Waals surface area contributed by atoms with Gasteiger partial charge in [-0.2, -0.15) is 0 Å². The first-order valence-electron chi connectivity index (χ1n) is 11.6. The number of amides is 1. The van der Waals surface area contributed by atoms with Gasteiger partial charge in [0.05, 0.1) is 6.04 Å². The van der Waals surface area contributed by atoms with Crippen LogP contribution < -0.4 is 0 Å². The van der Waals surface area contributed by atoms with Crippen LogP contribution in [-0.4, -0.2) is 66.4 Å². The minimum absolute atomic E-state index is 0.0145. The minimum Gasteiger partial charge on any atom is -0.448 e. The molecule has 2 aliphatic rings. The number of carbonyl (C=O) groups is 1. The van der Waals surface area contributed by atoms with Crippen molar-refractivity contribution in [3.05, 3.63) is 65.5 Å². The van der Waals surface area contributed by atoms with Crippen LogP contribution in [0.2, 0.25) is 0 Å². The highest BCUT2D eigenvalue weighted by Crippen LogP contribution is 2.42. The summed E-state index contributed by atoms with van der Waals surface area (Å²) in [5.41, 5.74) is 2.16. The average Bonchev–Trinajstić information content (AvgIpc) is 2.79. The first kappa shape index (κ1) is 24.1. The lowest BCUT2D eigenvalue weighted by Crippen LogP contribution is -2.53. The fourth-order valence-corrected chi connectivity index (χ4v) is 5.78. The van der Waals surface area contributed by atoms with Crippen molar-refractivity contribution in [2.24, 2.45) is 0 Å². The molecule has 2 heterocycles. The molecule has 0 aromatic heterocycles. The Labute approximate surface area is 201 Å². The lowest BCUT2D eigenvalue weighted by Gasteiger charge is -2.42. The van der Waals surface area contributed by atoms with Gasteiger partial charge in [0.1, 0.15) is 12.4 Å². The predicted molar refractivity (Wildman–Crippen MR) is 130 cm³/mol. The second kappa shape index (κ2) is 10.9. The maximum Gasteiger partial charge on any atom is 0.410 e. The maximum absolute atomic E-state index is 14.0. The third kappa shape index (κ3) is 6.11. The van der Waals surface area contributed by atoms with Crippen LogP contribution in [-0.2, 0) is 4.74 Å². The number of aryl methyl sites for hydroxylation is 1. The molecule has 2 fully saturated rings. The van der Waals surface area contributed by atoms with E-state index in [0.717, 1.165) is 29.7 Å². The predicted octanol–water partition coefficient (Wildman–Crippen LogP) is 4.96. The molecular formula is C25H31BFN3O2S. The van der Waals surface area contributed by atoms with Gasteiger partial charge in [-0.3, -0.25) is 0 Å². The van der Waals surface area contributed by atoms with E-state index in [2.05, 4.69) is 35.5 Å². The summed E-state index contributed by atoms with van der Waals surface area (Å²) in [7, 11) is 5.88. The fraction of sp³-hybridized carbons (Fsp3) is 0.480. The Balaban J connectivity index is 1.50. The summed E-state index contributed by atoms with van der Waals surface area (Å²) < 4.78 is 22.2. The Morgan fingerprint density at radius 1 is 1.18 bits per heavy atom. The highest BCUT2D eigenvalue weighted by molar-refractivity contribution is 7.97. The van der Waals surface area contributed by atoms with E-state index in [9.17, 15) is 9.18 Å². The van der Waals surface area contributed by atoms with Gasteiger partial charge >= 0.3 is 6.09 Å². The molecule has 2 aromatic rings. The molecule has 8 heteroatoms. The van der Waals surface area contributed by atoms with E-state index in [0.29, 0.717) is 26.2 Å². The molecule has 33 heavy (non-hydrogen) atoms. The van der Waals surface area contributed by atoms with E-state index in [4.69, 9.17) is 12.7 Å². The lowest BCUT2D eigenvalue weighted by atomic mass is 9.93. The molecule has 3 atom stereocenters. The summed E-state index contributed by atoms with van der Waals surface area (Å²) in [4.78, 5) is 17.4. The Morgan fingerprint density at radius 3 is 2.70 bits per heavy atom. The molecule has 2 saturated heterocycles. The second-order valence-electron chi connectivity index (χ2n) is 9.03. The van der Waals surface area contributed by atoms with Gasteiger partial charge in [-0.05, 0) is 74.9 Å². The molecule has 2 aromatic carbocycles. The maximum atomic E-state index is 14.0. The quantitative estimate of drug-likeness (QED) is 0.459. The molecule has 4 rings (SSSR count). The normalized spacial score (nSPS) is 24.6. The van der Waals surface area contributed by atoms with E-state index in [-0.39, 0.29) is 30.0 Å². The fourth-order valence-electron chi connectivity index (χ4n) is 4.61. The molecule has 0 bridgehead atoms. The van der Waals surface area contributed by atoms with Gasteiger partial charge < -0.3 is 14.4 Å². The highest BCUT2D eigenvalue weighted by Gasteiger charge is 2.35. The standard InChI is InChI=1S/C25H31BFN3O2S/c1-18-9-11-23(12-10-18)33-30-22(7-4-8-24(30)20-5-3-6-21(27)15-20)17-32-25(31)29-14-13-28(26)16-19(29)2/h3,5-6,9-12,15,19,22,24H,4,7-8,13-14,16-17H2,1-2H3. The zero-order valence-electron chi connectivity index (χ0n) is 19.3. The summed E-state index contributed by atoms with van der Waals surface area (Å²) in [5.74, 6) is -0.227. The second-order valence-corrected chi connectivity index (χ2v) is 10.1. The van der Waals surface area contributed by atoms with Crippen molar-refractivity contribution < 1.29 is 13.9 Å². The van der Waals surface area contributed by atoms with Gasteiger partial charge in [0.2, 0.25) is 0 Å². The molecular weight excluding hydrogens is 436 g/mol. The summed E-state index contributed by atoms with van der Waals surface area (Å²) in [6, 6.07) is 15.3. The van der Waals surface area contributed by atoms with Crippen LogP contribution in [0.15, 0.2) is 53.4 Å². The zero-order valence-corrected chi connectivity index (χ0v) is 20.1. The number of piperidine rings is 1. The van der Waals surface area contributed by atoms with Crippen LogP contribution in [0, 0.1) is 12.7 Å². The lowest BCUT2D eigenvalue weighted by molar-refractivity contribution is 0.0456. The summed E-state index contributed by atoms with van der Waals surface area (Å²) >= 11 is 1.66. The van der Waals surface area contributed by atoms with Crippen molar-refractivity contribution in [2.45, 2.75) is 56.1 Å². The average molecular weight is 467 g/mol. The molecule has 2 aliphatic heterocycles. The van der Waals surface area contributed by atoms with Crippen LogP contribution in [0.5, 0.6) is 0 Å². The molecule has 0 saturated carbocycles. The minimum atomic E-state index is -0.288. The van der Waals surface area contributed by atoms with Gasteiger partial charge in [-0.1, -0.05) is 29.8 Å². The number of ether oxygens (including phenoxy) is 1. The number of rotatable bonds is 5. The van der Waals surface area contributed by atoms with Gasteiger partial charge in [-0.25, -0.2) is 13.5 Å². The van der Waals surface area contributed by atoms with E-state index in [1.807, 2.05) is 13.0 Å². The molecule has 2 radical (unpaired) electrons. The Morgan fingerprint density at radius 2 is 1.97 bits per heavy atom. The van der Waals surface area contributed by atoms with Gasteiger partial charge in [0.25, 0.3) is 0 Å². The van der Waals surface area contributed by atoms with Crippen molar-refractivity contribution in [2.75, 3.05) is 26.2 Å². The SMILES string of the molecule is [B]N1CCN(C(=O)OCC2CCCC(c3cccc(F)c3)N2Sc2ccc(C)cc2)C(C)C1. The first-order chi connectivity index (χ1) is 15.9. The summed E-state index contributed by atoms with van der Waals surface area (Å²) in [5, 5.41) is 0. The smallest absolute Gasteiger partial charge is 0.410 e. The van der Waals surface area contributed by atoms with Gasteiger partial charge in [-0.15, -0.1) is 0 Å². The summed E-state index contributed by atoms with van der Waals surface area (Å²) in [6.45, 7) is 6.20. The van der Waals surface area contributed by atoms with Crippen molar-refractivity contribution in [3.8, 4) is 0 Å². The molecule has 3 unspecified atom stereocenters. The van der Waals surface area contributed by atoms with Crippen molar-refractivity contribution in [1.29, 1.82) is 0 Å². The number of hydrogen-bond donors (Lipinski definition) is 0. The molecule has 174 valence electrons. The van der Waals surface area contributed by atoms with E-state index in [1.54, 1.807) is 33.8 Å². The number of benzene rings is 2. The number of hydrogen-bond acceptors (Lipinski definition) is 5. The molecule has 0 aliphatic carbocycles.